The molecule has 0 saturated carbocycles. The predicted octanol–water partition coefficient (Wildman–Crippen LogP) is 1.50. The Labute approximate surface area is 83.8 Å². The number of nitrogens with zero attached hydrogens (tertiary/aromatic N) is 1. The molecule has 3 heteroatoms. The van der Waals surface area contributed by atoms with Gasteiger partial charge in [-0.2, -0.15) is 0 Å². The van der Waals surface area contributed by atoms with Crippen LogP contribution in [0, 0.1) is 11.1 Å². The SMILES string of the molecule is [O-][N+]1(c2ccccc2)CCC(CO)C1. The Bertz CT molecular complexity index is 301. The van der Waals surface area contributed by atoms with E-state index in [1.54, 1.807) is 0 Å². The molecule has 1 aliphatic rings. The average Bonchev–Trinajstić information content (AvgIpc) is 2.63. The second-order valence-corrected chi connectivity index (χ2v) is 3.97. The summed E-state index contributed by atoms with van der Waals surface area (Å²) in [5, 5.41) is 21.3. The third-order valence-corrected chi connectivity index (χ3v) is 2.94. The van der Waals surface area contributed by atoms with Gasteiger partial charge in [0.05, 0.1) is 19.7 Å². The maximum Gasteiger partial charge on any atom is 0.132 e. The van der Waals surface area contributed by atoms with Crippen molar-refractivity contribution >= 4 is 5.69 Å². The van der Waals surface area contributed by atoms with Gasteiger partial charge in [0.15, 0.2) is 0 Å². The zero-order chi connectivity index (χ0) is 10.0. The van der Waals surface area contributed by atoms with E-state index in [1.807, 2.05) is 30.3 Å². The van der Waals surface area contributed by atoms with E-state index < -0.39 is 0 Å². The molecule has 1 aromatic rings. The van der Waals surface area contributed by atoms with Crippen molar-refractivity contribution in [2.75, 3.05) is 19.7 Å². The van der Waals surface area contributed by atoms with Gasteiger partial charge in [-0.1, -0.05) is 18.2 Å². The molecule has 14 heavy (non-hydrogen) atoms. The topological polar surface area (TPSA) is 43.3 Å². The van der Waals surface area contributed by atoms with Crippen LogP contribution in [0.25, 0.3) is 0 Å². The molecule has 0 bridgehead atoms. The second kappa shape index (κ2) is 3.69. The van der Waals surface area contributed by atoms with Gasteiger partial charge < -0.3 is 15.0 Å². The van der Waals surface area contributed by atoms with Crippen LogP contribution in [0.4, 0.5) is 5.69 Å². The molecule has 0 spiro atoms. The minimum atomic E-state index is -0.272. The lowest BCUT2D eigenvalue weighted by Crippen LogP contribution is -2.40. The van der Waals surface area contributed by atoms with E-state index in [1.165, 1.54) is 0 Å². The highest BCUT2D eigenvalue weighted by molar-refractivity contribution is 5.44. The van der Waals surface area contributed by atoms with Gasteiger partial charge in [0.25, 0.3) is 0 Å². The number of rotatable bonds is 2. The molecule has 1 heterocycles. The van der Waals surface area contributed by atoms with Gasteiger partial charge in [-0.05, 0) is 12.1 Å². The molecule has 2 unspecified atom stereocenters. The monoisotopic (exact) mass is 193 g/mol. The van der Waals surface area contributed by atoms with Crippen molar-refractivity contribution < 1.29 is 5.11 Å². The minimum absolute atomic E-state index is 0.134. The van der Waals surface area contributed by atoms with E-state index in [2.05, 4.69) is 0 Å². The van der Waals surface area contributed by atoms with Gasteiger partial charge in [-0.15, -0.1) is 0 Å². The van der Waals surface area contributed by atoms with Crippen molar-refractivity contribution in [1.29, 1.82) is 0 Å². The molecule has 1 N–H and O–H groups in total. The van der Waals surface area contributed by atoms with Crippen LogP contribution in [0.2, 0.25) is 0 Å². The van der Waals surface area contributed by atoms with E-state index in [4.69, 9.17) is 5.11 Å². The second-order valence-electron chi connectivity index (χ2n) is 3.97. The van der Waals surface area contributed by atoms with Crippen molar-refractivity contribution in [2.45, 2.75) is 6.42 Å². The quantitative estimate of drug-likeness (QED) is 0.571. The van der Waals surface area contributed by atoms with Crippen LogP contribution in [0.1, 0.15) is 6.42 Å². The first-order valence-electron chi connectivity index (χ1n) is 4.99. The molecule has 0 amide bonds. The van der Waals surface area contributed by atoms with E-state index in [-0.39, 0.29) is 17.2 Å². The molecule has 1 aliphatic heterocycles. The Morgan fingerprint density at radius 3 is 2.64 bits per heavy atom. The van der Waals surface area contributed by atoms with Crippen LogP contribution >= 0.6 is 0 Å². The number of quaternary nitrogens is 1. The van der Waals surface area contributed by atoms with Gasteiger partial charge >= 0.3 is 0 Å². The lowest BCUT2D eigenvalue weighted by Gasteiger charge is -2.38. The first-order valence-corrected chi connectivity index (χ1v) is 4.99. The van der Waals surface area contributed by atoms with Crippen LogP contribution in [0.5, 0.6) is 0 Å². The Kier molecular flexibility index (Phi) is 2.54. The van der Waals surface area contributed by atoms with Gasteiger partial charge in [-0.25, -0.2) is 0 Å². The summed E-state index contributed by atoms with van der Waals surface area (Å²) < 4.78 is -0.272. The van der Waals surface area contributed by atoms with E-state index in [0.717, 1.165) is 12.1 Å². The summed E-state index contributed by atoms with van der Waals surface area (Å²) in [6.45, 7) is 1.24. The maximum absolute atomic E-state index is 12.3. The van der Waals surface area contributed by atoms with Crippen molar-refractivity contribution in [1.82, 2.24) is 4.65 Å². The van der Waals surface area contributed by atoms with Gasteiger partial charge in [0, 0.05) is 12.3 Å². The Hall–Kier alpha value is -0.900. The molecule has 0 aromatic heterocycles. The fourth-order valence-corrected chi connectivity index (χ4v) is 2.07. The van der Waals surface area contributed by atoms with Crippen molar-refractivity contribution in [3.8, 4) is 0 Å². The van der Waals surface area contributed by atoms with Crippen LogP contribution in [0.15, 0.2) is 30.3 Å². The Morgan fingerprint density at radius 1 is 1.36 bits per heavy atom. The molecular formula is C11H15NO2. The van der Waals surface area contributed by atoms with Crippen LogP contribution < -0.4 is 4.65 Å². The minimum Gasteiger partial charge on any atom is -0.627 e. The highest BCUT2D eigenvalue weighted by atomic mass is 16.5. The number of benzene rings is 1. The molecule has 1 fully saturated rings. The van der Waals surface area contributed by atoms with Crippen molar-refractivity contribution in [2.24, 2.45) is 5.92 Å². The van der Waals surface area contributed by atoms with Crippen molar-refractivity contribution in [3.05, 3.63) is 35.5 Å². The summed E-state index contributed by atoms with van der Waals surface area (Å²) in [5.41, 5.74) is 0.809. The van der Waals surface area contributed by atoms with Gasteiger partial charge in [-0.3, -0.25) is 0 Å². The van der Waals surface area contributed by atoms with Gasteiger partial charge in [0.1, 0.15) is 5.69 Å². The highest BCUT2D eigenvalue weighted by Gasteiger charge is 2.32. The predicted molar refractivity (Wildman–Crippen MR) is 56.5 cm³/mol. The maximum atomic E-state index is 12.3. The summed E-state index contributed by atoms with van der Waals surface area (Å²) >= 11 is 0. The number of hydrogen-bond donors (Lipinski definition) is 1. The number of para-hydroxylation sites is 1. The zero-order valence-electron chi connectivity index (χ0n) is 8.10. The van der Waals surface area contributed by atoms with Crippen LogP contribution in [-0.4, -0.2) is 24.8 Å². The summed E-state index contributed by atoms with van der Waals surface area (Å²) in [6, 6.07) is 9.42. The van der Waals surface area contributed by atoms with Crippen LogP contribution in [-0.2, 0) is 0 Å². The van der Waals surface area contributed by atoms with Gasteiger partial charge in [0.2, 0.25) is 0 Å². The van der Waals surface area contributed by atoms with Crippen LogP contribution in [0.3, 0.4) is 0 Å². The molecule has 2 rings (SSSR count). The lowest BCUT2D eigenvalue weighted by atomic mass is 10.1. The third kappa shape index (κ3) is 1.66. The third-order valence-electron chi connectivity index (χ3n) is 2.94. The average molecular weight is 193 g/mol. The molecule has 76 valence electrons. The van der Waals surface area contributed by atoms with E-state index >= 15 is 0 Å². The largest absolute Gasteiger partial charge is 0.627 e. The smallest absolute Gasteiger partial charge is 0.132 e. The summed E-state index contributed by atoms with van der Waals surface area (Å²) in [6.07, 6.45) is 0.828. The summed E-state index contributed by atoms with van der Waals surface area (Å²) in [7, 11) is 0. The zero-order valence-corrected chi connectivity index (χ0v) is 8.10. The molecular weight excluding hydrogens is 178 g/mol. The van der Waals surface area contributed by atoms with E-state index in [0.29, 0.717) is 13.1 Å². The lowest BCUT2D eigenvalue weighted by molar-refractivity contribution is 0.230. The Balaban J connectivity index is 2.19. The fourth-order valence-electron chi connectivity index (χ4n) is 2.07. The summed E-state index contributed by atoms with van der Waals surface area (Å²) in [5.74, 6) is 0.174. The molecule has 1 aromatic carbocycles. The van der Waals surface area contributed by atoms with Crippen molar-refractivity contribution in [3.63, 3.8) is 0 Å². The molecule has 1 saturated heterocycles. The number of hydroxylamine groups is 2. The molecule has 0 radical (unpaired) electrons. The summed E-state index contributed by atoms with van der Waals surface area (Å²) in [4.78, 5) is 0. The fraction of sp³-hybridized carbons (Fsp3) is 0.455. The Morgan fingerprint density at radius 2 is 2.07 bits per heavy atom. The normalized spacial score (nSPS) is 32.0. The number of aliphatic hydroxyl groups excluding tert-OH is 1. The first-order chi connectivity index (χ1) is 6.74. The standard InChI is InChI=1S/C11H15NO2/c13-9-10-6-7-12(14,8-10)11-4-2-1-3-5-11/h1-5,10,13H,6-9H2. The number of aliphatic hydroxyl groups is 1. The molecule has 3 nitrogen and oxygen atoms in total. The van der Waals surface area contributed by atoms with E-state index in [9.17, 15) is 5.21 Å². The molecule has 2 atom stereocenters. The number of hydrogen-bond acceptors (Lipinski definition) is 2. The first kappa shape index (κ1) is 9.65. The molecule has 0 aliphatic carbocycles. The highest BCUT2D eigenvalue weighted by Crippen LogP contribution is 2.30.